The first-order valence-corrected chi connectivity index (χ1v) is 7.23. The Kier molecular flexibility index (Phi) is 4.82. The number of aliphatic carboxylic acids is 1. The number of carboxylic acids is 1. The number of aliphatic hydroxyl groups excluding tert-OH is 1. The maximum absolute atomic E-state index is 12.6. The van der Waals surface area contributed by atoms with E-state index in [1.54, 1.807) is 4.90 Å². The molecule has 2 heterocycles. The van der Waals surface area contributed by atoms with E-state index in [9.17, 15) is 19.8 Å². The van der Waals surface area contributed by atoms with Crippen molar-refractivity contribution >= 4 is 12.0 Å². The Morgan fingerprint density at radius 3 is 2.55 bits per heavy atom. The standard InChI is InChI=1S/C13H23N3O4/c1-2-15(9-3-5-14-6-4-9)13(20)16-8-10(17)7-11(16)12(18)19/h9-11,14,17H,2-8H2,1H3,(H,18,19). The molecule has 2 amide bonds. The molecular formula is C13H23N3O4. The lowest BCUT2D eigenvalue weighted by atomic mass is 10.1. The van der Waals surface area contributed by atoms with Crippen LogP contribution in [0.3, 0.4) is 0 Å². The van der Waals surface area contributed by atoms with Gasteiger partial charge in [0.15, 0.2) is 0 Å². The first kappa shape index (κ1) is 15.1. The molecule has 0 aromatic rings. The number of nitrogens with one attached hydrogen (secondary N) is 1. The van der Waals surface area contributed by atoms with Crippen LogP contribution in [0.5, 0.6) is 0 Å². The summed E-state index contributed by atoms with van der Waals surface area (Å²) >= 11 is 0. The van der Waals surface area contributed by atoms with Gasteiger partial charge in [0.2, 0.25) is 0 Å². The summed E-state index contributed by atoms with van der Waals surface area (Å²) in [5.74, 6) is -1.05. The van der Waals surface area contributed by atoms with Crippen molar-refractivity contribution in [3.8, 4) is 0 Å². The highest BCUT2D eigenvalue weighted by molar-refractivity contribution is 5.83. The summed E-state index contributed by atoms with van der Waals surface area (Å²) < 4.78 is 0. The number of carbonyl (C=O) groups is 2. The van der Waals surface area contributed by atoms with Crippen LogP contribution in [0.25, 0.3) is 0 Å². The number of amides is 2. The van der Waals surface area contributed by atoms with Gasteiger partial charge in [-0.15, -0.1) is 0 Å². The van der Waals surface area contributed by atoms with Gasteiger partial charge in [0.05, 0.1) is 6.10 Å². The van der Waals surface area contributed by atoms with Gasteiger partial charge >= 0.3 is 12.0 Å². The van der Waals surface area contributed by atoms with E-state index in [4.69, 9.17) is 0 Å². The second-order valence-electron chi connectivity index (χ2n) is 5.45. The van der Waals surface area contributed by atoms with Gasteiger partial charge in [-0.2, -0.15) is 0 Å². The van der Waals surface area contributed by atoms with Gasteiger partial charge in [-0.1, -0.05) is 0 Å². The lowest BCUT2D eigenvalue weighted by molar-refractivity contribution is -0.141. The van der Waals surface area contributed by atoms with Crippen LogP contribution in [0, 0.1) is 0 Å². The summed E-state index contributed by atoms with van der Waals surface area (Å²) in [5, 5.41) is 22.1. The zero-order valence-corrected chi connectivity index (χ0v) is 11.8. The Morgan fingerprint density at radius 1 is 1.35 bits per heavy atom. The molecule has 3 N–H and O–H groups in total. The quantitative estimate of drug-likeness (QED) is 0.662. The molecule has 0 aromatic heterocycles. The second kappa shape index (κ2) is 6.41. The van der Waals surface area contributed by atoms with E-state index in [0.29, 0.717) is 6.54 Å². The number of rotatable bonds is 3. The molecule has 114 valence electrons. The number of aliphatic hydroxyl groups is 1. The third-order valence-corrected chi connectivity index (χ3v) is 4.15. The van der Waals surface area contributed by atoms with Gasteiger partial charge in [0.1, 0.15) is 6.04 Å². The number of carboxylic acid groups (broad SMARTS) is 1. The maximum Gasteiger partial charge on any atom is 0.326 e. The SMILES string of the molecule is CCN(C(=O)N1CC(O)CC1C(=O)O)C1CCNCC1. The number of likely N-dealkylation sites (tertiary alicyclic amines) is 1. The summed E-state index contributed by atoms with van der Waals surface area (Å²) in [4.78, 5) is 26.9. The zero-order valence-electron chi connectivity index (χ0n) is 11.8. The Balaban J connectivity index is 2.08. The van der Waals surface area contributed by atoms with Gasteiger partial charge in [-0.3, -0.25) is 0 Å². The van der Waals surface area contributed by atoms with E-state index in [0.717, 1.165) is 25.9 Å². The Morgan fingerprint density at radius 2 is 2.00 bits per heavy atom. The van der Waals surface area contributed by atoms with Crippen LogP contribution in [0.1, 0.15) is 26.2 Å². The molecule has 2 aliphatic heterocycles. The van der Waals surface area contributed by atoms with Gasteiger partial charge < -0.3 is 25.3 Å². The van der Waals surface area contributed by atoms with E-state index in [2.05, 4.69) is 5.32 Å². The van der Waals surface area contributed by atoms with Crippen LogP contribution >= 0.6 is 0 Å². The molecule has 2 saturated heterocycles. The normalized spacial score (nSPS) is 27.6. The molecule has 0 aromatic carbocycles. The Bertz CT molecular complexity index is 371. The fraction of sp³-hybridized carbons (Fsp3) is 0.846. The topological polar surface area (TPSA) is 93.1 Å². The minimum absolute atomic E-state index is 0.108. The highest BCUT2D eigenvalue weighted by Crippen LogP contribution is 2.22. The first-order chi connectivity index (χ1) is 9.54. The fourth-order valence-corrected chi connectivity index (χ4v) is 3.09. The summed E-state index contributed by atoms with van der Waals surface area (Å²) in [6.07, 6.45) is 1.14. The monoisotopic (exact) mass is 285 g/mol. The number of β-amino-alcohol motifs (C(OH)–C–C–N with tert-alkyl or cyclic N) is 1. The molecule has 2 rings (SSSR count). The first-order valence-electron chi connectivity index (χ1n) is 7.23. The largest absolute Gasteiger partial charge is 0.480 e. The highest BCUT2D eigenvalue weighted by atomic mass is 16.4. The molecule has 7 nitrogen and oxygen atoms in total. The van der Waals surface area contributed by atoms with Crippen molar-refractivity contribution in [2.45, 2.75) is 44.4 Å². The fourth-order valence-electron chi connectivity index (χ4n) is 3.09. The molecule has 0 aliphatic carbocycles. The average Bonchev–Trinajstić information content (AvgIpc) is 2.83. The minimum Gasteiger partial charge on any atom is -0.480 e. The molecule has 0 bridgehead atoms. The van der Waals surface area contributed by atoms with Crippen molar-refractivity contribution in [1.29, 1.82) is 0 Å². The molecule has 0 spiro atoms. The number of carbonyl (C=O) groups excluding carboxylic acids is 1. The van der Waals surface area contributed by atoms with Crippen molar-refractivity contribution in [1.82, 2.24) is 15.1 Å². The number of nitrogens with zero attached hydrogens (tertiary/aromatic N) is 2. The number of hydrogen-bond donors (Lipinski definition) is 3. The molecule has 0 saturated carbocycles. The third-order valence-electron chi connectivity index (χ3n) is 4.15. The molecule has 2 aliphatic rings. The van der Waals surface area contributed by atoms with Crippen molar-refractivity contribution < 1.29 is 19.8 Å². The van der Waals surface area contributed by atoms with Gasteiger partial charge in [-0.05, 0) is 32.9 Å². The Labute approximate surface area is 118 Å². The summed E-state index contributed by atoms with van der Waals surface area (Å²) in [7, 11) is 0. The van der Waals surface area contributed by atoms with Gasteiger partial charge in [0.25, 0.3) is 0 Å². The Hall–Kier alpha value is -1.34. The lowest BCUT2D eigenvalue weighted by Gasteiger charge is -2.37. The number of piperidine rings is 1. The zero-order chi connectivity index (χ0) is 14.7. The van der Waals surface area contributed by atoms with E-state index < -0.39 is 18.1 Å². The predicted molar refractivity (Wildman–Crippen MR) is 72.4 cm³/mol. The summed E-state index contributed by atoms with van der Waals surface area (Å²) in [6, 6.07) is -1.02. The van der Waals surface area contributed by atoms with Gasteiger partial charge in [0, 0.05) is 25.6 Å². The highest BCUT2D eigenvalue weighted by Gasteiger charge is 2.41. The lowest BCUT2D eigenvalue weighted by Crippen LogP contribution is -2.53. The third kappa shape index (κ3) is 3.04. The maximum atomic E-state index is 12.6. The molecule has 2 fully saturated rings. The van der Waals surface area contributed by atoms with Crippen molar-refractivity contribution in [2.75, 3.05) is 26.2 Å². The van der Waals surface area contributed by atoms with E-state index in [-0.39, 0.29) is 25.0 Å². The minimum atomic E-state index is -1.05. The summed E-state index contributed by atoms with van der Waals surface area (Å²) in [6.45, 7) is 4.32. The van der Waals surface area contributed by atoms with Crippen LogP contribution in [-0.2, 0) is 4.79 Å². The molecule has 20 heavy (non-hydrogen) atoms. The van der Waals surface area contributed by atoms with E-state index >= 15 is 0 Å². The van der Waals surface area contributed by atoms with Crippen LogP contribution in [0.4, 0.5) is 4.79 Å². The predicted octanol–water partition coefficient (Wildman–Crippen LogP) is -0.300. The molecule has 2 unspecified atom stereocenters. The van der Waals surface area contributed by atoms with Crippen LogP contribution in [0.2, 0.25) is 0 Å². The average molecular weight is 285 g/mol. The van der Waals surface area contributed by atoms with Crippen LogP contribution in [-0.4, -0.2) is 76.4 Å². The van der Waals surface area contributed by atoms with Crippen LogP contribution in [0.15, 0.2) is 0 Å². The second-order valence-corrected chi connectivity index (χ2v) is 5.45. The number of urea groups is 1. The summed E-state index contributed by atoms with van der Waals surface area (Å²) in [5.41, 5.74) is 0. The van der Waals surface area contributed by atoms with Crippen LogP contribution < -0.4 is 5.32 Å². The van der Waals surface area contributed by atoms with Crippen molar-refractivity contribution in [3.05, 3.63) is 0 Å². The van der Waals surface area contributed by atoms with Crippen molar-refractivity contribution in [2.24, 2.45) is 0 Å². The smallest absolute Gasteiger partial charge is 0.326 e. The molecular weight excluding hydrogens is 262 g/mol. The number of hydrogen-bond acceptors (Lipinski definition) is 4. The molecule has 2 atom stereocenters. The van der Waals surface area contributed by atoms with E-state index in [1.807, 2.05) is 6.92 Å². The van der Waals surface area contributed by atoms with Crippen molar-refractivity contribution in [3.63, 3.8) is 0 Å². The van der Waals surface area contributed by atoms with Gasteiger partial charge in [-0.25, -0.2) is 9.59 Å². The molecule has 0 radical (unpaired) electrons. The van der Waals surface area contributed by atoms with E-state index in [1.165, 1.54) is 4.90 Å². The molecule has 7 heteroatoms.